The molecule has 0 bridgehead atoms. The topological polar surface area (TPSA) is 107 Å². The van der Waals surface area contributed by atoms with Crippen molar-refractivity contribution in [1.82, 2.24) is 0 Å². The Balaban J connectivity index is 1.68. The third-order valence-corrected chi connectivity index (χ3v) is 5.20. The molecule has 8 nitrogen and oxygen atoms in total. The maximum absolute atomic E-state index is 12.5. The van der Waals surface area contributed by atoms with Crippen molar-refractivity contribution in [3.8, 4) is 0 Å². The lowest BCUT2D eigenvalue weighted by Gasteiger charge is -2.18. The Morgan fingerprint density at radius 1 is 1.23 bits per heavy atom. The summed E-state index contributed by atoms with van der Waals surface area (Å²) in [5.41, 5.74) is 1.07. The van der Waals surface area contributed by atoms with Gasteiger partial charge in [-0.15, -0.1) is 0 Å². The zero-order valence-corrected chi connectivity index (χ0v) is 17.1. The second kappa shape index (κ2) is 8.62. The molecule has 0 N–H and O–H groups in total. The molecule has 0 saturated carbocycles. The average Bonchev–Trinajstić information content (AvgIpc) is 3.10. The monoisotopic (exact) mass is 430 g/mol. The molecule has 0 spiro atoms. The molecule has 0 radical (unpaired) electrons. The number of benzene rings is 2. The largest absolute Gasteiger partial charge is 0.454 e. The number of hydrogen-bond donors (Lipinski definition) is 0. The van der Waals surface area contributed by atoms with Crippen molar-refractivity contribution >= 4 is 40.6 Å². The van der Waals surface area contributed by atoms with Gasteiger partial charge in [0, 0.05) is 35.2 Å². The molecule has 1 aliphatic heterocycles. The van der Waals surface area contributed by atoms with E-state index < -0.39 is 22.9 Å². The van der Waals surface area contributed by atoms with Crippen LogP contribution in [0.5, 0.6) is 0 Å². The number of ether oxygens (including phenoxy) is 1. The molecule has 2 aromatic carbocycles. The van der Waals surface area contributed by atoms with Crippen LogP contribution < -0.4 is 4.90 Å². The summed E-state index contributed by atoms with van der Waals surface area (Å²) < 4.78 is 5.29. The van der Waals surface area contributed by atoms with Gasteiger partial charge in [0.15, 0.2) is 6.10 Å². The van der Waals surface area contributed by atoms with Crippen LogP contribution in [0.3, 0.4) is 0 Å². The standard InChI is InChI=1S/C21H19ClN2O6/c1-12-3-8-17(10-18(12)24(28)29)23-11-15(9-19(23)25)21(27)30-13(2)20(26)14-4-6-16(22)7-5-14/h3-8,10,13,15H,9,11H2,1-2H3/t13-,15-/m1/s1. The first-order chi connectivity index (χ1) is 14.2. The lowest BCUT2D eigenvalue weighted by Crippen LogP contribution is -2.30. The second-order valence-corrected chi connectivity index (χ2v) is 7.52. The van der Waals surface area contributed by atoms with E-state index in [1.165, 1.54) is 17.9 Å². The van der Waals surface area contributed by atoms with E-state index in [9.17, 15) is 24.5 Å². The molecular formula is C21H19ClN2O6. The lowest BCUT2D eigenvalue weighted by atomic mass is 10.1. The molecule has 1 amide bonds. The smallest absolute Gasteiger partial charge is 0.312 e. The number of hydrogen-bond acceptors (Lipinski definition) is 6. The molecule has 156 valence electrons. The average molecular weight is 431 g/mol. The summed E-state index contributed by atoms with van der Waals surface area (Å²) in [6, 6.07) is 10.7. The Bertz CT molecular complexity index is 1020. The Kier molecular flexibility index (Phi) is 6.17. The van der Waals surface area contributed by atoms with Gasteiger partial charge in [0.05, 0.1) is 16.5 Å². The van der Waals surface area contributed by atoms with Gasteiger partial charge >= 0.3 is 5.97 Å². The summed E-state index contributed by atoms with van der Waals surface area (Å²) in [6.07, 6.45) is -1.12. The predicted octanol–water partition coefficient (Wildman–Crippen LogP) is 3.72. The fraction of sp³-hybridized carbons (Fsp3) is 0.286. The SMILES string of the molecule is Cc1ccc(N2C[C@H](C(=O)O[C@H](C)C(=O)c3ccc(Cl)cc3)CC2=O)cc1[N+](=O)[O-]. The molecule has 1 heterocycles. The first kappa shape index (κ1) is 21.4. The maximum atomic E-state index is 12.5. The fourth-order valence-corrected chi connectivity index (χ4v) is 3.38. The van der Waals surface area contributed by atoms with E-state index in [1.807, 2.05) is 0 Å². The van der Waals surface area contributed by atoms with Gasteiger partial charge in [-0.3, -0.25) is 24.5 Å². The van der Waals surface area contributed by atoms with E-state index in [2.05, 4.69) is 0 Å². The van der Waals surface area contributed by atoms with Crippen LogP contribution in [-0.2, 0) is 14.3 Å². The Morgan fingerprint density at radius 3 is 2.53 bits per heavy atom. The third-order valence-electron chi connectivity index (χ3n) is 4.95. The highest BCUT2D eigenvalue weighted by atomic mass is 35.5. The maximum Gasteiger partial charge on any atom is 0.312 e. The van der Waals surface area contributed by atoms with E-state index >= 15 is 0 Å². The molecule has 2 atom stereocenters. The van der Waals surface area contributed by atoms with E-state index in [0.717, 1.165) is 0 Å². The third kappa shape index (κ3) is 4.49. The first-order valence-electron chi connectivity index (χ1n) is 9.23. The Morgan fingerprint density at radius 2 is 1.90 bits per heavy atom. The molecule has 0 aliphatic carbocycles. The van der Waals surface area contributed by atoms with Gasteiger partial charge in [-0.1, -0.05) is 17.7 Å². The van der Waals surface area contributed by atoms with Crippen LogP contribution in [0.2, 0.25) is 5.02 Å². The van der Waals surface area contributed by atoms with Crippen LogP contribution in [0.25, 0.3) is 0 Å². The van der Waals surface area contributed by atoms with Crippen LogP contribution in [0.4, 0.5) is 11.4 Å². The Labute approximate surface area is 177 Å². The number of nitro benzene ring substituents is 1. The predicted molar refractivity (Wildman–Crippen MR) is 110 cm³/mol. The van der Waals surface area contributed by atoms with Crippen molar-refractivity contribution < 1.29 is 24.0 Å². The number of nitrogens with zero attached hydrogens (tertiary/aromatic N) is 2. The minimum Gasteiger partial charge on any atom is -0.454 e. The highest BCUT2D eigenvalue weighted by Crippen LogP contribution is 2.30. The molecule has 3 rings (SSSR count). The Hall–Kier alpha value is -3.26. The van der Waals surface area contributed by atoms with Gasteiger partial charge in [-0.05, 0) is 44.2 Å². The normalized spacial score (nSPS) is 17.0. The summed E-state index contributed by atoms with van der Waals surface area (Å²) >= 11 is 5.81. The van der Waals surface area contributed by atoms with Crippen molar-refractivity contribution in [1.29, 1.82) is 0 Å². The number of carbonyl (C=O) groups is 3. The van der Waals surface area contributed by atoms with Gasteiger partial charge in [0.25, 0.3) is 5.69 Å². The molecule has 1 aliphatic rings. The molecular weight excluding hydrogens is 412 g/mol. The number of rotatable bonds is 6. The van der Waals surface area contributed by atoms with Crippen molar-refractivity contribution in [3.63, 3.8) is 0 Å². The zero-order valence-electron chi connectivity index (χ0n) is 16.3. The molecule has 0 aromatic heterocycles. The van der Waals surface area contributed by atoms with Crippen molar-refractivity contribution in [3.05, 3.63) is 68.7 Å². The van der Waals surface area contributed by atoms with Gasteiger partial charge in [-0.2, -0.15) is 0 Å². The van der Waals surface area contributed by atoms with Gasteiger partial charge in [0.2, 0.25) is 11.7 Å². The lowest BCUT2D eigenvalue weighted by molar-refractivity contribution is -0.385. The minimum atomic E-state index is -1.02. The van der Waals surface area contributed by atoms with Crippen LogP contribution in [0.15, 0.2) is 42.5 Å². The summed E-state index contributed by atoms with van der Waals surface area (Å²) in [5, 5.41) is 11.6. The van der Waals surface area contributed by atoms with Crippen LogP contribution in [0, 0.1) is 23.0 Å². The number of nitro groups is 1. The van der Waals surface area contributed by atoms with Gasteiger partial charge < -0.3 is 9.64 Å². The van der Waals surface area contributed by atoms with Crippen molar-refractivity contribution in [2.75, 3.05) is 11.4 Å². The minimum absolute atomic E-state index is 0.0275. The molecule has 1 fully saturated rings. The van der Waals surface area contributed by atoms with Crippen LogP contribution >= 0.6 is 11.6 Å². The number of esters is 1. The fourth-order valence-electron chi connectivity index (χ4n) is 3.25. The van der Waals surface area contributed by atoms with E-state index in [1.54, 1.807) is 43.3 Å². The van der Waals surface area contributed by atoms with E-state index in [0.29, 0.717) is 21.8 Å². The summed E-state index contributed by atoms with van der Waals surface area (Å²) in [6.45, 7) is 3.10. The first-order valence-corrected chi connectivity index (χ1v) is 9.61. The molecule has 1 saturated heterocycles. The van der Waals surface area contributed by atoms with Gasteiger partial charge in [-0.25, -0.2) is 0 Å². The van der Waals surface area contributed by atoms with E-state index in [4.69, 9.17) is 16.3 Å². The van der Waals surface area contributed by atoms with Crippen LogP contribution in [-0.4, -0.2) is 35.2 Å². The van der Waals surface area contributed by atoms with Crippen LogP contribution in [0.1, 0.15) is 29.3 Å². The zero-order chi connectivity index (χ0) is 22.0. The van der Waals surface area contributed by atoms with Crippen molar-refractivity contribution in [2.24, 2.45) is 5.92 Å². The summed E-state index contributed by atoms with van der Waals surface area (Å²) in [5.74, 6) is -2.15. The number of Topliss-reactive ketones (excluding diaryl/α,β-unsaturated/α-hetero) is 1. The highest BCUT2D eigenvalue weighted by Gasteiger charge is 2.38. The molecule has 2 aromatic rings. The highest BCUT2D eigenvalue weighted by molar-refractivity contribution is 6.30. The number of anilines is 1. The molecule has 0 unspecified atom stereocenters. The number of aryl methyl sites for hydroxylation is 1. The van der Waals surface area contributed by atoms with E-state index in [-0.39, 0.29) is 30.3 Å². The molecule has 30 heavy (non-hydrogen) atoms. The quantitative estimate of drug-likeness (QED) is 0.299. The second-order valence-electron chi connectivity index (χ2n) is 7.08. The van der Waals surface area contributed by atoms with Gasteiger partial charge in [0.1, 0.15) is 0 Å². The number of halogens is 1. The molecule has 9 heteroatoms. The number of amides is 1. The summed E-state index contributed by atoms with van der Waals surface area (Å²) in [7, 11) is 0. The number of ketones is 1. The van der Waals surface area contributed by atoms with Crippen molar-refractivity contribution in [2.45, 2.75) is 26.4 Å². The summed E-state index contributed by atoms with van der Waals surface area (Å²) in [4.78, 5) is 49.3. The number of carbonyl (C=O) groups excluding carboxylic acids is 3.